The first-order valence-corrected chi connectivity index (χ1v) is 13.1. The minimum absolute atomic E-state index is 0.204. The Kier molecular flexibility index (Phi) is 5.71. The molecule has 184 valence electrons. The van der Waals surface area contributed by atoms with Crippen LogP contribution in [0.25, 0.3) is 22.0 Å². The smallest absolute Gasteiger partial charge is 0.243 e. The average Bonchev–Trinajstić information content (AvgIpc) is 3.38. The average molecular weight is 505 g/mol. The summed E-state index contributed by atoms with van der Waals surface area (Å²) in [5.74, 6) is 1.96. The lowest BCUT2D eigenvalue weighted by atomic mass is 10.0. The summed E-state index contributed by atoms with van der Waals surface area (Å²) >= 11 is 0. The predicted molar refractivity (Wildman–Crippen MR) is 135 cm³/mol. The Morgan fingerprint density at radius 3 is 2.50 bits per heavy atom. The van der Waals surface area contributed by atoms with Crippen LogP contribution in [0.15, 0.2) is 65.6 Å². The summed E-state index contributed by atoms with van der Waals surface area (Å²) in [6.07, 6.45) is 0. The molecule has 0 saturated carbocycles. The van der Waals surface area contributed by atoms with Crippen molar-refractivity contribution in [2.24, 2.45) is 0 Å². The molecule has 4 aromatic rings. The third kappa shape index (κ3) is 4.02. The van der Waals surface area contributed by atoms with Gasteiger partial charge in [-0.05, 0) is 30.7 Å². The Bertz CT molecular complexity index is 1570. The molecule has 3 heterocycles. The second-order valence-electron chi connectivity index (χ2n) is 8.63. The van der Waals surface area contributed by atoms with Gasteiger partial charge in [-0.15, -0.1) is 10.2 Å². The van der Waals surface area contributed by atoms with Gasteiger partial charge in [0.1, 0.15) is 5.69 Å². The molecule has 9 nitrogen and oxygen atoms in total. The highest BCUT2D eigenvalue weighted by atomic mass is 32.2. The van der Waals surface area contributed by atoms with Crippen molar-refractivity contribution in [3.63, 3.8) is 0 Å². The highest BCUT2D eigenvalue weighted by Crippen LogP contribution is 2.37. The van der Waals surface area contributed by atoms with Gasteiger partial charge < -0.3 is 19.5 Å². The number of nitrogens with zero attached hydrogens (tertiary/aromatic N) is 3. The number of aryl methyl sites for hydroxylation is 1. The van der Waals surface area contributed by atoms with Crippen LogP contribution >= 0.6 is 0 Å². The van der Waals surface area contributed by atoms with Crippen molar-refractivity contribution >= 4 is 32.3 Å². The van der Waals surface area contributed by atoms with Crippen LogP contribution in [0.4, 0.5) is 11.5 Å². The van der Waals surface area contributed by atoms with Gasteiger partial charge in [0.05, 0.1) is 18.1 Å². The molecule has 0 unspecified atom stereocenters. The van der Waals surface area contributed by atoms with E-state index in [4.69, 9.17) is 14.2 Å². The third-order valence-electron chi connectivity index (χ3n) is 6.37. The number of morpholine rings is 1. The number of benzene rings is 3. The number of fused-ring (bicyclic) bond motifs is 2. The molecule has 2 aliphatic rings. The first-order valence-electron chi connectivity index (χ1n) is 11.6. The molecular formula is C26H24N4O5S. The van der Waals surface area contributed by atoms with Crippen LogP contribution in [0.2, 0.25) is 0 Å². The number of ether oxygens (including phenoxy) is 3. The van der Waals surface area contributed by atoms with Gasteiger partial charge >= 0.3 is 0 Å². The Hall–Kier alpha value is -3.73. The molecule has 36 heavy (non-hydrogen) atoms. The highest BCUT2D eigenvalue weighted by Gasteiger charge is 2.28. The SMILES string of the molecule is Cc1ccc(-c2nnc(Nc3ccc4c(c3)OCO4)c3ccccc23)cc1S(=O)(=O)N1CCOCC1. The molecule has 0 amide bonds. The number of hydrogen-bond donors (Lipinski definition) is 1. The number of sulfonamides is 1. The molecule has 10 heteroatoms. The topological polar surface area (TPSA) is 103 Å². The number of hydrogen-bond acceptors (Lipinski definition) is 8. The van der Waals surface area contributed by atoms with Gasteiger partial charge in [-0.1, -0.05) is 36.4 Å². The number of rotatable bonds is 5. The summed E-state index contributed by atoms with van der Waals surface area (Å²) in [5.41, 5.74) is 2.77. The lowest BCUT2D eigenvalue weighted by Gasteiger charge is -2.26. The van der Waals surface area contributed by atoms with Crippen LogP contribution in [0.3, 0.4) is 0 Å². The van der Waals surface area contributed by atoms with Gasteiger partial charge in [-0.3, -0.25) is 0 Å². The second kappa shape index (κ2) is 9.05. The van der Waals surface area contributed by atoms with Crippen molar-refractivity contribution in [3.8, 4) is 22.8 Å². The molecule has 0 spiro atoms. The summed E-state index contributed by atoms with van der Waals surface area (Å²) in [6.45, 7) is 3.48. The van der Waals surface area contributed by atoms with Gasteiger partial charge in [0.2, 0.25) is 16.8 Å². The maximum atomic E-state index is 13.4. The fourth-order valence-corrected chi connectivity index (χ4v) is 6.13. The Morgan fingerprint density at radius 1 is 0.889 bits per heavy atom. The molecule has 0 aliphatic carbocycles. The van der Waals surface area contributed by atoms with Crippen molar-refractivity contribution in [3.05, 3.63) is 66.2 Å². The molecule has 0 atom stereocenters. The third-order valence-corrected chi connectivity index (χ3v) is 8.41. The maximum Gasteiger partial charge on any atom is 0.243 e. The molecule has 0 bridgehead atoms. The van der Waals surface area contributed by atoms with Gasteiger partial charge in [-0.25, -0.2) is 8.42 Å². The quantitative estimate of drug-likeness (QED) is 0.433. The summed E-state index contributed by atoms with van der Waals surface area (Å²) in [7, 11) is -3.66. The Balaban J connectivity index is 1.40. The van der Waals surface area contributed by atoms with Crippen LogP contribution < -0.4 is 14.8 Å². The van der Waals surface area contributed by atoms with E-state index in [1.165, 1.54) is 4.31 Å². The van der Waals surface area contributed by atoms with Crippen LogP contribution in [-0.4, -0.2) is 56.0 Å². The number of anilines is 2. The van der Waals surface area contributed by atoms with Crippen molar-refractivity contribution in [2.45, 2.75) is 11.8 Å². The summed E-state index contributed by atoms with van der Waals surface area (Å²) < 4.78 is 44.5. The fraction of sp³-hybridized carbons (Fsp3) is 0.231. The number of nitrogens with one attached hydrogen (secondary N) is 1. The Labute approximate surface area is 208 Å². The lowest BCUT2D eigenvalue weighted by Crippen LogP contribution is -2.40. The summed E-state index contributed by atoms with van der Waals surface area (Å²) in [6, 6.07) is 18.8. The fourth-order valence-electron chi connectivity index (χ4n) is 4.47. The van der Waals surface area contributed by atoms with E-state index in [-0.39, 0.29) is 11.7 Å². The minimum atomic E-state index is -3.66. The summed E-state index contributed by atoms with van der Waals surface area (Å²) in [5, 5.41) is 14.0. The second-order valence-corrected chi connectivity index (χ2v) is 10.5. The molecule has 6 rings (SSSR count). The molecule has 2 aliphatic heterocycles. The van der Waals surface area contributed by atoms with E-state index in [9.17, 15) is 8.42 Å². The van der Waals surface area contributed by atoms with Gasteiger partial charge in [-0.2, -0.15) is 4.31 Å². The highest BCUT2D eigenvalue weighted by molar-refractivity contribution is 7.89. The van der Waals surface area contributed by atoms with Crippen molar-refractivity contribution in [1.29, 1.82) is 0 Å². The van der Waals surface area contributed by atoms with E-state index >= 15 is 0 Å². The van der Waals surface area contributed by atoms with E-state index in [0.717, 1.165) is 16.5 Å². The zero-order valence-electron chi connectivity index (χ0n) is 19.6. The normalized spacial score (nSPS) is 15.8. The minimum Gasteiger partial charge on any atom is -0.454 e. The maximum absolute atomic E-state index is 13.4. The van der Waals surface area contributed by atoms with Crippen LogP contribution in [0.1, 0.15) is 5.56 Å². The molecule has 1 aromatic heterocycles. The van der Waals surface area contributed by atoms with Crippen molar-refractivity contribution in [2.75, 3.05) is 38.4 Å². The van der Waals surface area contributed by atoms with E-state index in [2.05, 4.69) is 15.5 Å². The van der Waals surface area contributed by atoms with Crippen LogP contribution in [-0.2, 0) is 14.8 Å². The summed E-state index contributed by atoms with van der Waals surface area (Å²) in [4.78, 5) is 0.273. The van der Waals surface area contributed by atoms with E-state index < -0.39 is 10.0 Å². The van der Waals surface area contributed by atoms with E-state index in [1.807, 2.05) is 54.6 Å². The zero-order valence-corrected chi connectivity index (χ0v) is 20.4. The molecule has 0 radical (unpaired) electrons. The monoisotopic (exact) mass is 504 g/mol. The molecule has 1 saturated heterocycles. The Morgan fingerprint density at radius 2 is 1.67 bits per heavy atom. The lowest BCUT2D eigenvalue weighted by molar-refractivity contribution is 0.0730. The standard InChI is InChI=1S/C26H24N4O5S/c1-17-6-7-18(14-24(17)36(31,32)30-10-12-33-13-11-30)25-20-4-2-3-5-21(20)26(29-28-25)27-19-8-9-22-23(15-19)35-16-34-22/h2-9,14-15H,10-13,16H2,1H3,(H,27,29). The van der Waals surface area contributed by atoms with Crippen molar-refractivity contribution in [1.82, 2.24) is 14.5 Å². The van der Waals surface area contributed by atoms with E-state index in [0.29, 0.717) is 60.4 Å². The van der Waals surface area contributed by atoms with Gasteiger partial charge in [0.25, 0.3) is 0 Å². The molecular weight excluding hydrogens is 480 g/mol. The van der Waals surface area contributed by atoms with Crippen LogP contribution in [0, 0.1) is 6.92 Å². The van der Waals surface area contributed by atoms with Crippen LogP contribution in [0.5, 0.6) is 11.5 Å². The molecule has 3 aromatic carbocycles. The largest absolute Gasteiger partial charge is 0.454 e. The van der Waals surface area contributed by atoms with Crippen molar-refractivity contribution < 1.29 is 22.6 Å². The first-order chi connectivity index (χ1) is 17.5. The molecule has 1 N–H and O–H groups in total. The zero-order chi connectivity index (χ0) is 24.7. The molecule has 1 fully saturated rings. The predicted octanol–water partition coefficient (Wildman–Crippen LogP) is 4.10. The number of aromatic nitrogens is 2. The van der Waals surface area contributed by atoms with E-state index in [1.54, 1.807) is 13.0 Å². The first kappa shape index (κ1) is 22.7. The van der Waals surface area contributed by atoms with Gasteiger partial charge in [0, 0.05) is 41.2 Å². The van der Waals surface area contributed by atoms with Gasteiger partial charge in [0.15, 0.2) is 17.3 Å².